The van der Waals surface area contributed by atoms with E-state index in [0.29, 0.717) is 34.4 Å². The van der Waals surface area contributed by atoms with Crippen LogP contribution in [0, 0.1) is 11.3 Å². The second kappa shape index (κ2) is 7.85. The van der Waals surface area contributed by atoms with Gasteiger partial charge < -0.3 is 10.2 Å². The van der Waals surface area contributed by atoms with Gasteiger partial charge >= 0.3 is 6.03 Å². The number of hydrogen-bond acceptors (Lipinski definition) is 4. The molecule has 150 valence electrons. The van der Waals surface area contributed by atoms with Crippen LogP contribution in [0.3, 0.4) is 0 Å². The zero-order chi connectivity index (χ0) is 20.1. The van der Waals surface area contributed by atoms with Crippen LogP contribution in [-0.4, -0.2) is 42.5 Å². The van der Waals surface area contributed by atoms with Gasteiger partial charge in [-0.05, 0) is 35.9 Å². The Bertz CT molecular complexity index is 1000. The van der Waals surface area contributed by atoms with E-state index in [4.69, 9.17) is 28.5 Å². The van der Waals surface area contributed by atoms with Crippen molar-refractivity contribution in [2.75, 3.05) is 25.0 Å². The first-order chi connectivity index (χ1) is 13.4. The lowest BCUT2D eigenvalue weighted by molar-refractivity contribution is -0.124. The Balaban J connectivity index is 0.00000240. The van der Waals surface area contributed by atoms with Crippen LogP contribution in [0.2, 0.25) is 10.0 Å². The molecule has 2 heterocycles. The summed E-state index contributed by atoms with van der Waals surface area (Å²) in [4.78, 5) is 29.2. The minimum atomic E-state index is -1.06. The molecule has 1 N–H and O–H groups in total. The molecule has 1 spiro atoms. The van der Waals surface area contributed by atoms with Gasteiger partial charge in [-0.25, -0.2) is 9.69 Å². The van der Waals surface area contributed by atoms with E-state index < -0.39 is 11.6 Å². The first kappa shape index (κ1) is 21.4. The van der Waals surface area contributed by atoms with Crippen molar-refractivity contribution in [2.24, 2.45) is 0 Å². The van der Waals surface area contributed by atoms with E-state index in [1.165, 1.54) is 4.90 Å². The molecule has 0 aliphatic carbocycles. The van der Waals surface area contributed by atoms with Crippen LogP contribution < -0.4 is 10.2 Å². The number of nitrogens with one attached hydrogen (secondary N) is 1. The molecule has 2 atom stereocenters. The molecule has 0 saturated carbocycles. The van der Waals surface area contributed by atoms with E-state index >= 15 is 0 Å². The number of carbonyl (C=O) groups is 2. The van der Waals surface area contributed by atoms with Gasteiger partial charge in [-0.2, -0.15) is 5.26 Å². The van der Waals surface area contributed by atoms with Crippen LogP contribution in [0.15, 0.2) is 42.5 Å². The monoisotopic (exact) mass is 450 g/mol. The van der Waals surface area contributed by atoms with Gasteiger partial charge in [0.2, 0.25) is 0 Å². The molecule has 2 aliphatic heterocycles. The predicted octanol–water partition coefficient (Wildman–Crippen LogP) is 3.81. The van der Waals surface area contributed by atoms with E-state index in [0.717, 1.165) is 10.5 Å². The number of urea groups is 1. The number of hydrogen-bond donors (Lipinski definition) is 1. The van der Waals surface area contributed by atoms with E-state index in [-0.39, 0.29) is 24.2 Å². The highest BCUT2D eigenvalue weighted by atomic mass is 35.5. The highest BCUT2D eigenvalue weighted by Crippen LogP contribution is 2.44. The standard InChI is InChI=1S/C20H16Cl2N4O2.ClH/c1-25-19(28)26(16-7-14(21)6-15(22)8-16)18(27)20(25)11-24-10-17(20)13-4-2-12(9-23)3-5-13;/h2-8,17,24H,10-11H2,1H3;1H/t17-,20+;/m0./s1. The lowest BCUT2D eigenvalue weighted by Crippen LogP contribution is -2.53. The Hall–Kier alpha value is -2.30. The Labute approximate surface area is 184 Å². The summed E-state index contributed by atoms with van der Waals surface area (Å²) in [6.07, 6.45) is 0. The summed E-state index contributed by atoms with van der Waals surface area (Å²) in [7, 11) is 1.63. The van der Waals surface area contributed by atoms with Crippen LogP contribution in [-0.2, 0) is 4.79 Å². The smallest absolute Gasteiger partial charge is 0.313 e. The van der Waals surface area contributed by atoms with Crippen molar-refractivity contribution in [2.45, 2.75) is 11.5 Å². The molecular weight excluding hydrogens is 435 g/mol. The first-order valence-corrected chi connectivity index (χ1v) is 9.43. The molecule has 2 saturated heterocycles. The Morgan fingerprint density at radius 3 is 2.34 bits per heavy atom. The number of likely N-dealkylation sites (N-methyl/N-ethyl adjacent to an activating group) is 1. The predicted molar refractivity (Wildman–Crippen MR) is 114 cm³/mol. The van der Waals surface area contributed by atoms with Gasteiger partial charge in [0.05, 0.1) is 17.3 Å². The van der Waals surface area contributed by atoms with Gasteiger partial charge in [-0.15, -0.1) is 12.4 Å². The fraction of sp³-hybridized carbons (Fsp3) is 0.250. The second-order valence-electron chi connectivity index (χ2n) is 6.95. The number of amides is 3. The number of carbonyl (C=O) groups excluding carboxylic acids is 2. The molecule has 0 aromatic heterocycles. The minimum absolute atomic E-state index is 0. The number of anilines is 1. The maximum atomic E-state index is 13.6. The molecule has 6 nitrogen and oxygen atoms in total. The number of nitriles is 1. The third kappa shape index (κ3) is 3.24. The summed E-state index contributed by atoms with van der Waals surface area (Å²) in [5, 5.41) is 13.0. The minimum Gasteiger partial charge on any atom is -0.313 e. The van der Waals surface area contributed by atoms with Crippen LogP contribution in [0.4, 0.5) is 10.5 Å². The van der Waals surface area contributed by atoms with Crippen LogP contribution in [0.25, 0.3) is 0 Å². The molecular formula is C20H17Cl3N4O2. The highest BCUT2D eigenvalue weighted by Gasteiger charge is 2.62. The average Bonchev–Trinajstić information content (AvgIpc) is 3.19. The van der Waals surface area contributed by atoms with Crippen molar-refractivity contribution >= 4 is 53.2 Å². The molecule has 2 aliphatic rings. The van der Waals surface area contributed by atoms with Crippen molar-refractivity contribution in [3.63, 3.8) is 0 Å². The summed E-state index contributed by atoms with van der Waals surface area (Å²) in [5.41, 5.74) is 0.728. The molecule has 9 heteroatoms. The number of imide groups is 1. The molecule has 2 aromatic rings. The fourth-order valence-corrected chi connectivity index (χ4v) is 4.61. The zero-order valence-corrected chi connectivity index (χ0v) is 17.7. The molecule has 0 unspecified atom stereocenters. The Morgan fingerprint density at radius 2 is 1.76 bits per heavy atom. The fourth-order valence-electron chi connectivity index (χ4n) is 4.10. The van der Waals surface area contributed by atoms with E-state index in [1.54, 1.807) is 37.4 Å². The summed E-state index contributed by atoms with van der Waals surface area (Å²) in [6.45, 7) is 0.878. The van der Waals surface area contributed by atoms with E-state index in [1.807, 2.05) is 12.1 Å². The van der Waals surface area contributed by atoms with Crippen molar-refractivity contribution in [3.05, 3.63) is 63.6 Å². The Morgan fingerprint density at radius 1 is 1.14 bits per heavy atom. The number of rotatable bonds is 2. The van der Waals surface area contributed by atoms with Gasteiger partial charge in [-0.3, -0.25) is 4.79 Å². The van der Waals surface area contributed by atoms with Crippen molar-refractivity contribution < 1.29 is 9.59 Å². The van der Waals surface area contributed by atoms with Crippen molar-refractivity contribution in [1.82, 2.24) is 10.2 Å². The molecule has 2 fully saturated rings. The normalized spacial score (nSPS) is 23.4. The summed E-state index contributed by atoms with van der Waals surface area (Å²) < 4.78 is 0. The summed E-state index contributed by atoms with van der Waals surface area (Å²) in [6, 6.07) is 13.4. The molecule has 0 bridgehead atoms. The third-order valence-corrected chi connectivity index (χ3v) is 5.95. The first-order valence-electron chi connectivity index (χ1n) is 8.67. The van der Waals surface area contributed by atoms with Crippen LogP contribution in [0.5, 0.6) is 0 Å². The van der Waals surface area contributed by atoms with E-state index in [9.17, 15) is 9.59 Å². The van der Waals surface area contributed by atoms with Gasteiger partial charge in [0.25, 0.3) is 5.91 Å². The number of nitrogens with zero attached hydrogens (tertiary/aromatic N) is 3. The topological polar surface area (TPSA) is 76.4 Å². The number of benzene rings is 2. The molecule has 0 radical (unpaired) electrons. The van der Waals surface area contributed by atoms with Gasteiger partial charge in [-0.1, -0.05) is 35.3 Å². The highest BCUT2D eigenvalue weighted by molar-refractivity contribution is 6.35. The van der Waals surface area contributed by atoms with Crippen molar-refractivity contribution in [1.29, 1.82) is 5.26 Å². The van der Waals surface area contributed by atoms with Gasteiger partial charge in [0, 0.05) is 36.1 Å². The van der Waals surface area contributed by atoms with Gasteiger partial charge in [0.15, 0.2) is 0 Å². The quantitative estimate of drug-likeness (QED) is 0.705. The second-order valence-corrected chi connectivity index (χ2v) is 7.82. The zero-order valence-electron chi connectivity index (χ0n) is 15.4. The Kier molecular flexibility index (Phi) is 5.79. The van der Waals surface area contributed by atoms with Crippen LogP contribution in [0.1, 0.15) is 17.0 Å². The maximum Gasteiger partial charge on any atom is 0.332 e. The SMILES string of the molecule is CN1C(=O)N(c2cc(Cl)cc(Cl)c2)C(=O)[C@]12CNC[C@H]2c1ccc(C#N)cc1.Cl. The lowest BCUT2D eigenvalue weighted by Gasteiger charge is -2.33. The van der Waals surface area contributed by atoms with Crippen LogP contribution >= 0.6 is 35.6 Å². The number of halogens is 3. The summed E-state index contributed by atoms with van der Waals surface area (Å²) >= 11 is 12.2. The van der Waals surface area contributed by atoms with E-state index in [2.05, 4.69) is 11.4 Å². The molecule has 3 amide bonds. The molecule has 29 heavy (non-hydrogen) atoms. The lowest BCUT2D eigenvalue weighted by atomic mass is 9.80. The van der Waals surface area contributed by atoms with Crippen molar-refractivity contribution in [3.8, 4) is 6.07 Å². The largest absolute Gasteiger partial charge is 0.332 e. The summed E-state index contributed by atoms with van der Waals surface area (Å²) in [5.74, 6) is -0.570. The molecule has 4 rings (SSSR count). The molecule has 2 aromatic carbocycles. The maximum absolute atomic E-state index is 13.6. The van der Waals surface area contributed by atoms with Gasteiger partial charge in [0.1, 0.15) is 5.54 Å². The third-order valence-electron chi connectivity index (χ3n) is 5.52. The average molecular weight is 452 g/mol.